The van der Waals surface area contributed by atoms with Gasteiger partial charge in [-0.05, 0) is 97.7 Å². The molecule has 0 aromatic carbocycles. The van der Waals surface area contributed by atoms with Gasteiger partial charge in [0.25, 0.3) is 0 Å². The molecule has 4 aliphatic carbocycles. The number of hydrogen-bond donors (Lipinski definition) is 4. The molecule has 11 atom stereocenters. The minimum Gasteiger partial charge on any atom is -0.481 e. The normalized spacial score (nSPS) is 51.1. The smallest absolute Gasteiger partial charge is 0.481 e. The van der Waals surface area contributed by atoms with Crippen LogP contribution in [0.1, 0.15) is 78.6 Å². The molecule has 1 radical (unpaired) electrons. The van der Waals surface area contributed by atoms with Crippen LogP contribution in [0.15, 0.2) is 0 Å². The summed E-state index contributed by atoms with van der Waals surface area (Å²) in [4.78, 5) is 11.1. The van der Waals surface area contributed by atoms with Gasteiger partial charge in [-0.1, -0.05) is 20.8 Å². The van der Waals surface area contributed by atoms with E-state index in [2.05, 4.69) is 20.8 Å². The van der Waals surface area contributed by atoms with Gasteiger partial charge in [0, 0.05) is 6.42 Å². The SMILES string of the molecule is C[C@H](CCC(=O)O)[C@H]1CC[C@H]2[C@@H]3[C@H](O)C[C@@H]4C[C@H](O)CC[C@]4(C)[C@H]3C[C@H](O)[C@]12C.[Mn+2]. The molecule has 4 N–H and O–H groups in total. The van der Waals surface area contributed by atoms with Gasteiger partial charge in [0.05, 0.1) is 18.3 Å². The Morgan fingerprint density at radius 1 is 1.03 bits per heavy atom. The maximum Gasteiger partial charge on any atom is 2.00 e. The number of carboxylic acids is 1. The molecule has 0 aliphatic heterocycles. The molecule has 6 heteroatoms. The molecule has 0 heterocycles. The molecule has 0 amide bonds. The molecular formula is C24H40MnO5+2. The summed E-state index contributed by atoms with van der Waals surface area (Å²) in [5.41, 5.74) is -0.143. The van der Waals surface area contributed by atoms with Crippen LogP contribution in [0, 0.1) is 46.3 Å². The fourth-order valence-electron chi connectivity index (χ4n) is 8.68. The zero-order valence-corrected chi connectivity index (χ0v) is 19.8. The number of aliphatic hydroxyl groups excluding tert-OH is 3. The Balaban J connectivity index is 0.00000256. The topological polar surface area (TPSA) is 98.0 Å². The van der Waals surface area contributed by atoms with Crippen LogP contribution >= 0.6 is 0 Å². The van der Waals surface area contributed by atoms with Gasteiger partial charge in [0.2, 0.25) is 0 Å². The van der Waals surface area contributed by atoms with Gasteiger partial charge in [0.1, 0.15) is 0 Å². The number of fused-ring (bicyclic) bond motifs is 5. The third kappa shape index (κ3) is 3.69. The number of carboxylic acid groups (broad SMARTS) is 1. The van der Waals surface area contributed by atoms with E-state index in [1.165, 1.54) is 0 Å². The Labute approximate surface area is 191 Å². The first-order chi connectivity index (χ1) is 13.6. The molecule has 4 aliphatic rings. The molecule has 0 saturated heterocycles. The van der Waals surface area contributed by atoms with E-state index in [0.29, 0.717) is 30.1 Å². The number of rotatable bonds is 4. The largest absolute Gasteiger partial charge is 2.00 e. The molecule has 171 valence electrons. The van der Waals surface area contributed by atoms with Crippen LogP contribution < -0.4 is 0 Å². The van der Waals surface area contributed by atoms with E-state index in [9.17, 15) is 20.1 Å². The first kappa shape index (κ1) is 24.5. The minimum atomic E-state index is -0.748. The van der Waals surface area contributed by atoms with E-state index < -0.39 is 12.1 Å². The van der Waals surface area contributed by atoms with Gasteiger partial charge in [0.15, 0.2) is 0 Å². The van der Waals surface area contributed by atoms with Gasteiger partial charge >= 0.3 is 23.0 Å². The van der Waals surface area contributed by atoms with Crippen molar-refractivity contribution in [3.8, 4) is 0 Å². The van der Waals surface area contributed by atoms with Crippen LogP contribution in [0.5, 0.6) is 0 Å². The monoisotopic (exact) mass is 463 g/mol. The van der Waals surface area contributed by atoms with Gasteiger partial charge in [-0.2, -0.15) is 0 Å². The molecule has 4 rings (SSSR count). The molecule has 0 spiro atoms. The molecule has 4 saturated carbocycles. The van der Waals surface area contributed by atoms with Crippen molar-refractivity contribution >= 4 is 5.97 Å². The molecule has 5 nitrogen and oxygen atoms in total. The maximum atomic E-state index is 11.5. The van der Waals surface area contributed by atoms with Gasteiger partial charge in [-0.15, -0.1) is 0 Å². The molecule has 0 aromatic rings. The van der Waals surface area contributed by atoms with Crippen LogP contribution in [-0.2, 0) is 21.9 Å². The number of carbonyl (C=O) groups is 1. The van der Waals surface area contributed by atoms with Crippen molar-refractivity contribution in [2.75, 3.05) is 0 Å². The van der Waals surface area contributed by atoms with Crippen molar-refractivity contribution in [1.29, 1.82) is 0 Å². The second-order valence-corrected chi connectivity index (χ2v) is 11.4. The summed E-state index contributed by atoms with van der Waals surface area (Å²) in [5, 5.41) is 42.0. The maximum absolute atomic E-state index is 11.5. The third-order valence-corrected chi connectivity index (χ3v) is 10.3. The van der Waals surface area contributed by atoms with E-state index >= 15 is 0 Å². The first-order valence-electron chi connectivity index (χ1n) is 11.8. The second kappa shape index (κ2) is 8.67. The molecule has 0 unspecified atom stereocenters. The first-order valence-corrected chi connectivity index (χ1v) is 11.8. The van der Waals surface area contributed by atoms with Crippen molar-refractivity contribution in [3.63, 3.8) is 0 Å². The molecule has 0 bridgehead atoms. The van der Waals surface area contributed by atoms with Gasteiger partial charge in [-0.25, -0.2) is 0 Å². The Bertz CT molecular complexity index is 643. The van der Waals surface area contributed by atoms with Gasteiger partial charge in [-0.3, -0.25) is 4.79 Å². The number of aliphatic carboxylic acids is 1. The van der Waals surface area contributed by atoms with E-state index in [1.54, 1.807) is 0 Å². The average Bonchev–Trinajstić information content (AvgIpc) is 3.01. The predicted octanol–water partition coefficient (Wildman–Crippen LogP) is 3.45. The molecule has 0 aromatic heterocycles. The standard InChI is InChI=1S/C24H40O5.Mn/c1-13(4-7-21(28)29)16-5-6-17-22-18(12-20(27)24(16,17)3)23(2)9-8-15(25)10-14(23)11-19(22)26;/h13-20,22,25-27H,4-12H2,1-3H3,(H,28,29);/q;+2/t13-,14+,15-,16-,17+,18+,19-,20+,22+,23+,24-;/m1./s1. The Hall–Kier alpha value is -0.131. The van der Waals surface area contributed by atoms with Crippen LogP contribution in [0.4, 0.5) is 0 Å². The molecule has 30 heavy (non-hydrogen) atoms. The van der Waals surface area contributed by atoms with E-state index in [4.69, 9.17) is 5.11 Å². The number of aliphatic hydroxyl groups is 3. The van der Waals surface area contributed by atoms with Crippen molar-refractivity contribution in [3.05, 3.63) is 0 Å². The zero-order chi connectivity index (χ0) is 21.1. The Morgan fingerprint density at radius 3 is 2.40 bits per heavy atom. The second-order valence-electron chi connectivity index (χ2n) is 11.4. The average molecular weight is 464 g/mol. The quantitative estimate of drug-likeness (QED) is 0.479. The summed E-state index contributed by atoms with van der Waals surface area (Å²) in [7, 11) is 0. The van der Waals surface area contributed by atoms with Crippen LogP contribution in [0.25, 0.3) is 0 Å². The summed E-state index contributed by atoms with van der Waals surface area (Å²) in [6.07, 6.45) is 6.00. The van der Waals surface area contributed by atoms with Crippen molar-refractivity contribution in [2.45, 2.75) is 96.9 Å². The van der Waals surface area contributed by atoms with Crippen molar-refractivity contribution in [1.82, 2.24) is 0 Å². The van der Waals surface area contributed by atoms with Crippen LogP contribution in [0.3, 0.4) is 0 Å². The third-order valence-electron chi connectivity index (χ3n) is 10.3. The molecule has 4 fully saturated rings. The van der Waals surface area contributed by atoms with E-state index in [-0.39, 0.29) is 58.4 Å². The predicted molar refractivity (Wildman–Crippen MR) is 110 cm³/mol. The van der Waals surface area contributed by atoms with Crippen LogP contribution in [0.2, 0.25) is 0 Å². The minimum absolute atomic E-state index is 0. The summed E-state index contributed by atoms with van der Waals surface area (Å²) in [5.74, 6) is 0.997. The fourth-order valence-corrected chi connectivity index (χ4v) is 8.68. The van der Waals surface area contributed by atoms with E-state index in [1.807, 2.05) is 0 Å². The fraction of sp³-hybridized carbons (Fsp3) is 0.958. The van der Waals surface area contributed by atoms with Gasteiger partial charge < -0.3 is 20.4 Å². The van der Waals surface area contributed by atoms with E-state index in [0.717, 1.165) is 44.9 Å². The summed E-state index contributed by atoms with van der Waals surface area (Å²) in [6, 6.07) is 0. The Kier molecular flexibility index (Phi) is 7.08. The van der Waals surface area contributed by atoms with Crippen molar-refractivity contribution in [2.24, 2.45) is 46.3 Å². The number of hydrogen-bond acceptors (Lipinski definition) is 4. The zero-order valence-electron chi connectivity index (χ0n) is 18.6. The summed E-state index contributed by atoms with van der Waals surface area (Å²) < 4.78 is 0. The summed E-state index contributed by atoms with van der Waals surface area (Å²) in [6.45, 7) is 6.72. The Morgan fingerprint density at radius 2 is 1.73 bits per heavy atom. The summed E-state index contributed by atoms with van der Waals surface area (Å²) >= 11 is 0. The van der Waals surface area contributed by atoms with Crippen LogP contribution in [-0.4, -0.2) is 44.7 Å². The molecular weight excluding hydrogens is 423 g/mol. The van der Waals surface area contributed by atoms with Crippen molar-refractivity contribution < 1.29 is 42.3 Å².